The summed E-state index contributed by atoms with van der Waals surface area (Å²) in [5.41, 5.74) is 0.777. The summed E-state index contributed by atoms with van der Waals surface area (Å²) in [7, 11) is 0. The fraction of sp³-hybridized carbons (Fsp3) is 0.500. The normalized spacial score (nSPS) is 19.1. The van der Waals surface area contributed by atoms with E-state index in [-0.39, 0.29) is 16.9 Å². The van der Waals surface area contributed by atoms with Gasteiger partial charge in [-0.2, -0.15) is 0 Å². The van der Waals surface area contributed by atoms with E-state index in [0.717, 1.165) is 22.9 Å². The quantitative estimate of drug-likeness (QED) is 0.628. The van der Waals surface area contributed by atoms with Crippen LogP contribution in [0.15, 0.2) is 28.7 Å². The molecule has 86 valence electrons. The number of halogens is 1. The highest BCUT2D eigenvalue weighted by Crippen LogP contribution is 2.47. The molecule has 0 unspecified atom stereocenters. The Labute approximate surface area is 103 Å². The molecule has 0 saturated heterocycles. The highest BCUT2D eigenvalue weighted by molar-refractivity contribution is 9.10. The van der Waals surface area contributed by atoms with Crippen molar-refractivity contribution in [3.8, 4) is 0 Å². The molecule has 0 aliphatic heterocycles. The van der Waals surface area contributed by atoms with Gasteiger partial charge in [-0.25, -0.2) is 0 Å². The van der Waals surface area contributed by atoms with Crippen LogP contribution >= 0.6 is 15.9 Å². The van der Waals surface area contributed by atoms with Crippen molar-refractivity contribution >= 4 is 15.9 Å². The average molecular weight is 284 g/mol. The predicted molar refractivity (Wildman–Crippen MR) is 66.1 cm³/mol. The number of hydrogen-bond donors (Lipinski definition) is 0. The van der Waals surface area contributed by atoms with E-state index in [2.05, 4.69) is 15.9 Å². The Hall–Kier alpha value is -0.900. The maximum absolute atomic E-state index is 10.8. The summed E-state index contributed by atoms with van der Waals surface area (Å²) in [5, 5.41) is 10.8. The first-order valence-corrected chi connectivity index (χ1v) is 6.19. The van der Waals surface area contributed by atoms with Crippen LogP contribution in [0.5, 0.6) is 0 Å². The lowest BCUT2D eigenvalue weighted by molar-refractivity contribution is -0.491. The number of nitro groups is 1. The molecule has 16 heavy (non-hydrogen) atoms. The van der Waals surface area contributed by atoms with Crippen LogP contribution < -0.4 is 0 Å². The largest absolute Gasteiger partial charge is 0.265 e. The van der Waals surface area contributed by atoms with Crippen molar-refractivity contribution in [2.75, 3.05) is 6.54 Å². The van der Waals surface area contributed by atoms with E-state index in [1.165, 1.54) is 0 Å². The molecule has 1 fully saturated rings. The lowest BCUT2D eigenvalue weighted by Gasteiger charge is -2.25. The first-order valence-electron chi connectivity index (χ1n) is 5.40. The van der Waals surface area contributed by atoms with E-state index in [1.807, 2.05) is 31.2 Å². The third kappa shape index (κ3) is 2.26. The van der Waals surface area contributed by atoms with Gasteiger partial charge in [-0.3, -0.25) is 10.1 Å². The van der Waals surface area contributed by atoms with E-state index in [0.29, 0.717) is 5.92 Å². The summed E-state index contributed by atoms with van der Waals surface area (Å²) >= 11 is 3.38. The molecule has 4 heteroatoms. The Balaban J connectivity index is 2.31. The fourth-order valence-corrected chi connectivity index (χ4v) is 2.54. The summed E-state index contributed by atoms with van der Waals surface area (Å²) in [4.78, 5) is 10.6. The second-order valence-corrected chi connectivity index (χ2v) is 5.61. The van der Waals surface area contributed by atoms with Gasteiger partial charge >= 0.3 is 0 Å². The zero-order valence-electron chi connectivity index (χ0n) is 9.15. The maximum Gasteiger partial charge on any atom is 0.213 e. The summed E-state index contributed by atoms with van der Waals surface area (Å²) in [6, 6.07) is 7.89. The molecule has 1 saturated carbocycles. The molecule has 2 rings (SSSR count). The van der Waals surface area contributed by atoms with E-state index >= 15 is 0 Å². The lowest BCUT2D eigenvalue weighted by atomic mass is 9.78. The van der Waals surface area contributed by atoms with Gasteiger partial charge in [0, 0.05) is 9.40 Å². The zero-order valence-corrected chi connectivity index (χ0v) is 10.7. The van der Waals surface area contributed by atoms with Gasteiger partial charge in [0.1, 0.15) is 0 Å². The van der Waals surface area contributed by atoms with Gasteiger partial charge in [0.05, 0.1) is 5.41 Å². The van der Waals surface area contributed by atoms with Crippen molar-refractivity contribution in [3.63, 3.8) is 0 Å². The SMILES string of the molecule is C[C@](C[N+](=O)[O-])(c1ccc(Br)cc1)C1CC1. The van der Waals surface area contributed by atoms with E-state index in [9.17, 15) is 10.1 Å². The van der Waals surface area contributed by atoms with Crippen LogP contribution in [-0.4, -0.2) is 11.5 Å². The molecule has 1 atom stereocenters. The fourth-order valence-electron chi connectivity index (χ4n) is 2.28. The van der Waals surface area contributed by atoms with Crippen LogP contribution in [0.25, 0.3) is 0 Å². The van der Waals surface area contributed by atoms with Crippen LogP contribution in [0.2, 0.25) is 0 Å². The van der Waals surface area contributed by atoms with Crippen molar-refractivity contribution in [2.24, 2.45) is 5.92 Å². The molecular weight excluding hydrogens is 270 g/mol. The topological polar surface area (TPSA) is 43.1 Å². The van der Waals surface area contributed by atoms with Crippen LogP contribution in [0.3, 0.4) is 0 Å². The van der Waals surface area contributed by atoms with Crippen LogP contribution in [0.1, 0.15) is 25.3 Å². The molecule has 0 radical (unpaired) electrons. The maximum atomic E-state index is 10.8. The Morgan fingerprint density at radius 3 is 2.44 bits per heavy atom. The van der Waals surface area contributed by atoms with Gasteiger partial charge in [0.15, 0.2) is 0 Å². The molecule has 0 aromatic heterocycles. The molecular formula is C12H14BrNO2. The monoisotopic (exact) mass is 283 g/mol. The molecule has 0 spiro atoms. The predicted octanol–water partition coefficient (Wildman–Crippen LogP) is 3.39. The summed E-state index contributed by atoms with van der Waals surface area (Å²) in [5.74, 6) is 0.471. The van der Waals surface area contributed by atoms with E-state index < -0.39 is 0 Å². The minimum Gasteiger partial charge on any atom is -0.265 e. The summed E-state index contributed by atoms with van der Waals surface area (Å²) in [6.07, 6.45) is 2.22. The Bertz CT molecular complexity index is 400. The van der Waals surface area contributed by atoms with Gasteiger partial charge in [-0.15, -0.1) is 0 Å². The molecule has 3 nitrogen and oxygen atoms in total. The van der Waals surface area contributed by atoms with E-state index in [4.69, 9.17) is 0 Å². The van der Waals surface area contributed by atoms with E-state index in [1.54, 1.807) is 0 Å². The Morgan fingerprint density at radius 1 is 1.44 bits per heavy atom. The average Bonchev–Trinajstić information content (AvgIpc) is 3.00. The third-order valence-electron chi connectivity index (χ3n) is 3.44. The highest BCUT2D eigenvalue weighted by atomic mass is 79.9. The van der Waals surface area contributed by atoms with Gasteiger partial charge in [-0.1, -0.05) is 28.1 Å². The second-order valence-electron chi connectivity index (χ2n) is 4.69. The molecule has 0 amide bonds. The van der Waals surface area contributed by atoms with Crippen molar-refractivity contribution in [3.05, 3.63) is 44.4 Å². The molecule has 0 N–H and O–H groups in total. The highest BCUT2D eigenvalue weighted by Gasteiger charge is 2.46. The van der Waals surface area contributed by atoms with Crippen molar-refractivity contribution in [2.45, 2.75) is 25.2 Å². The molecule has 1 aromatic rings. The molecule has 1 aliphatic carbocycles. The minimum atomic E-state index is -0.301. The number of hydrogen-bond acceptors (Lipinski definition) is 2. The van der Waals surface area contributed by atoms with Crippen molar-refractivity contribution < 1.29 is 4.92 Å². The van der Waals surface area contributed by atoms with Crippen LogP contribution in [0, 0.1) is 16.0 Å². The molecule has 1 aliphatic rings. The smallest absolute Gasteiger partial charge is 0.213 e. The summed E-state index contributed by atoms with van der Waals surface area (Å²) in [6.45, 7) is 2.04. The van der Waals surface area contributed by atoms with Gasteiger partial charge in [-0.05, 0) is 43.4 Å². The molecule has 0 bridgehead atoms. The first-order chi connectivity index (χ1) is 7.52. The standard InChI is InChI=1S/C12H14BrNO2/c1-12(8-14(15)16,9-2-3-9)10-4-6-11(13)7-5-10/h4-7,9H,2-3,8H2,1H3/t12-/m1/s1. The number of nitrogens with zero attached hydrogens (tertiary/aromatic N) is 1. The Morgan fingerprint density at radius 2 is 2.00 bits per heavy atom. The van der Waals surface area contributed by atoms with Crippen molar-refractivity contribution in [1.82, 2.24) is 0 Å². The first kappa shape index (κ1) is 11.6. The van der Waals surface area contributed by atoms with Gasteiger partial charge < -0.3 is 0 Å². The van der Waals surface area contributed by atoms with Crippen LogP contribution in [0.4, 0.5) is 0 Å². The second kappa shape index (κ2) is 4.17. The van der Waals surface area contributed by atoms with Gasteiger partial charge in [0.2, 0.25) is 6.54 Å². The number of rotatable bonds is 4. The van der Waals surface area contributed by atoms with Gasteiger partial charge in [0.25, 0.3) is 0 Å². The Kier molecular flexibility index (Phi) is 3.02. The zero-order chi connectivity index (χ0) is 11.8. The number of benzene rings is 1. The lowest BCUT2D eigenvalue weighted by Crippen LogP contribution is -2.33. The van der Waals surface area contributed by atoms with Crippen molar-refractivity contribution in [1.29, 1.82) is 0 Å². The molecule has 1 aromatic carbocycles. The summed E-state index contributed by atoms with van der Waals surface area (Å²) < 4.78 is 1.01. The third-order valence-corrected chi connectivity index (χ3v) is 3.97. The molecule has 0 heterocycles. The minimum absolute atomic E-state index is 0.0271. The van der Waals surface area contributed by atoms with Crippen LogP contribution in [-0.2, 0) is 5.41 Å².